The van der Waals surface area contributed by atoms with Crippen molar-refractivity contribution in [2.45, 2.75) is 24.1 Å². The lowest BCUT2D eigenvalue weighted by atomic mass is 9.80. The molecule has 0 radical (unpaired) electrons. The highest BCUT2D eigenvalue weighted by Gasteiger charge is 2.66. The number of rotatable bonds is 5. The summed E-state index contributed by atoms with van der Waals surface area (Å²) in [6.45, 7) is 0.747. The number of esters is 1. The Bertz CT molecular complexity index is 907. The molecule has 0 spiro atoms. The Morgan fingerprint density at radius 1 is 1.13 bits per heavy atom. The van der Waals surface area contributed by atoms with Gasteiger partial charge in [0.1, 0.15) is 6.54 Å². The van der Waals surface area contributed by atoms with Crippen molar-refractivity contribution in [3.63, 3.8) is 0 Å². The molecule has 2 bridgehead atoms. The summed E-state index contributed by atoms with van der Waals surface area (Å²) in [5.74, 6) is -3.60. The Balaban J connectivity index is 1.31. The molecule has 3 aliphatic rings. The number of hydrogen-bond acceptors (Lipinski definition) is 5. The molecule has 160 valence electrons. The van der Waals surface area contributed by atoms with Gasteiger partial charge >= 0.3 is 5.97 Å². The van der Waals surface area contributed by atoms with Crippen LogP contribution in [0.2, 0.25) is 5.02 Å². The highest BCUT2D eigenvalue weighted by Crippen LogP contribution is 2.59. The van der Waals surface area contributed by atoms with E-state index in [4.69, 9.17) is 39.5 Å². The number of carbonyl (C=O) groups excluding carboxylic acids is 4. The van der Waals surface area contributed by atoms with Gasteiger partial charge in [0, 0.05) is 10.7 Å². The standard InChI is InChI=1S/C20H19Cl3N2O5/c1-8-2-3-9(4-12(8)21)24-13(26)7-30-14(27)6-25-19(28)15-10-5-11(16(15)20(25)29)18(23)17(10)22/h2-4,10-11,15-18H,5-7H2,1H3,(H,24,26)/t10-,11-,15-,16-,17-,18+/m1/s1. The van der Waals surface area contributed by atoms with Gasteiger partial charge in [0.25, 0.3) is 5.91 Å². The summed E-state index contributed by atoms with van der Waals surface area (Å²) in [5.41, 5.74) is 1.33. The Morgan fingerprint density at radius 2 is 1.73 bits per heavy atom. The van der Waals surface area contributed by atoms with E-state index in [1.165, 1.54) is 0 Å². The maximum Gasteiger partial charge on any atom is 0.326 e. The van der Waals surface area contributed by atoms with E-state index in [0.717, 1.165) is 10.5 Å². The molecule has 0 unspecified atom stereocenters. The summed E-state index contributed by atoms with van der Waals surface area (Å²) in [6.07, 6.45) is 0.649. The smallest absolute Gasteiger partial charge is 0.326 e. The first-order valence-electron chi connectivity index (χ1n) is 9.54. The van der Waals surface area contributed by atoms with Crippen molar-refractivity contribution in [1.82, 2.24) is 4.90 Å². The van der Waals surface area contributed by atoms with Crippen LogP contribution in [0, 0.1) is 30.6 Å². The third-order valence-corrected chi connectivity index (χ3v) is 7.91. The minimum Gasteiger partial charge on any atom is -0.454 e. The lowest BCUT2D eigenvalue weighted by Crippen LogP contribution is -2.38. The second-order valence-corrected chi connectivity index (χ2v) is 9.35. The van der Waals surface area contributed by atoms with Crippen LogP contribution in [-0.2, 0) is 23.9 Å². The molecular formula is C20H19Cl3N2O5. The molecule has 1 aromatic carbocycles. The number of aryl methyl sites for hydroxylation is 1. The SMILES string of the molecule is Cc1ccc(NC(=O)COC(=O)CN2C(=O)[C@@H]3[C@H]4C[C@@H]([C@@H](Cl)[C@H]4Cl)[C@H]3C2=O)cc1Cl. The molecule has 1 heterocycles. The highest BCUT2D eigenvalue weighted by atomic mass is 35.5. The number of halogens is 3. The first kappa shape index (κ1) is 21.4. The van der Waals surface area contributed by atoms with Gasteiger partial charge in [-0.3, -0.25) is 24.1 Å². The van der Waals surface area contributed by atoms with Crippen LogP contribution in [-0.4, -0.2) is 52.5 Å². The molecule has 1 N–H and O–H groups in total. The molecule has 10 heteroatoms. The molecule has 1 aromatic rings. The van der Waals surface area contributed by atoms with Gasteiger partial charge < -0.3 is 10.1 Å². The third-order valence-electron chi connectivity index (χ3n) is 6.19. The zero-order valence-electron chi connectivity index (χ0n) is 15.9. The topological polar surface area (TPSA) is 92.8 Å². The number of carbonyl (C=O) groups is 4. The van der Waals surface area contributed by atoms with Crippen LogP contribution in [0.3, 0.4) is 0 Å². The van der Waals surface area contributed by atoms with Gasteiger partial charge in [0.05, 0.1) is 22.6 Å². The fraction of sp³-hybridized carbons (Fsp3) is 0.500. The largest absolute Gasteiger partial charge is 0.454 e. The molecule has 4 rings (SSSR count). The number of fused-ring (bicyclic) bond motifs is 5. The van der Waals surface area contributed by atoms with Gasteiger partial charge in [-0.15, -0.1) is 23.2 Å². The van der Waals surface area contributed by atoms with Crippen molar-refractivity contribution >= 4 is 64.2 Å². The number of likely N-dealkylation sites (tertiary alicyclic amines) is 1. The molecule has 2 aliphatic carbocycles. The number of benzene rings is 1. The zero-order chi connectivity index (χ0) is 21.7. The maximum atomic E-state index is 12.7. The van der Waals surface area contributed by atoms with Crippen molar-refractivity contribution in [1.29, 1.82) is 0 Å². The van der Waals surface area contributed by atoms with E-state index in [9.17, 15) is 19.2 Å². The molecule has 1 saturated heterocycles. The van der Waals surface area contributed by atoms with Crippen molar-refractivity contribution in [3.8, 4) is 0 Å². The van der Waals surface area contributed by atoms with Crippen LogP contribution in [0.5, 0.6) is 0 Å². The van der Waals surface area contributed by atoms with E-state index < -0.39 is 48.7 Å². The number of nitrogens with one attached hydrogen (secondary N) is 1. The molecule has 2 saturated carbocycles. The van der Waals surface area contributed by atoms with E-state index in [-0.39, 0.29) is 22.6 Å². The monoisotopic (exact) mass is 472 g/mol. The second-order valence-electron chi connectivity index (χ2n) is 7.94. The van der Waals surface area contributed by atoms with E-state index in [1.807, 2.05) is 6.92 Å². The Morgan fingerprint density at radius 3 is 2.30 bits per heavy atom. The lowest BCUT2D eigenvalue weighted by molar-refractivity contribution is -0.154. The van der Waals surface area contributed by atoms with E-state index in [1.54, 1.807) is 18.2 Å². The molecule has 1 aliphatic heterocycles. The fourth-order valence-corrected chi connectivity index (χ4v) is 5.83. The second kappa shape index (κ2) is 8.02. The number of hydrogen-bond donors (Lipinski definition) is 1. The highest BCUT2D eigenvalue weighted by molar-refractivity contribution is 6.32. The van der Waals surface area contributed by atoms with Crippen molar-refractivity contribution in [2.24, 2.45) is 23.7 Å². The number of alkyl halides is 2. The molecule has 3 amide bonds. The number of anilines is 1. The molecule has 3 fully saturated rings. The number of amides is 3. The maximum absolute atomic E-state index is 12.7. The van der Waals surface area contributed by atoms with Crippen molar-refractivity contribution in [2.75, 3.05) is 18.5 Å². The van der Waals surface area contributed by atoms with Gasteiger partial charge in [-0.05, 0) is 42.9 Å². The Labute approximate surface area is 188 Å². The van der Waals surface area contributed by atoms with Gasteiger partial charge in [-0.25, -0.2) is 0 Å². The predicted molar refractivity (Wildman–Crippen MR) is 110 cm³/mol. The van der Waals surface area contributed by atoms with Gasteiger partial charge in [-0.2, -0.15) is 0 Å². The minimum atomic E-state index is -0.842. The third kappa shape index (κ3) is 3.57. The van der Waals surface area contributed by atoms with Gasteiger partial charge in [0.15, 0.2) is 6.61 Å². The summed E-state index contributed by atoms with van der Waals surface area (Å²) in [4.78, 5) is 50.5. The van der Waals surface area contributed by atoms with Crippen LogP contribution in [0.1, 0.15) is 12.0 Å². The molecular weight excluding hydrogens is 455 g/mol. The average molecular weight is 474 g/mol. The van der Waals surface area contributed by atoms with Crippen molar-refractivity contribution in [3.05, 3.63) is 28.8 Å². The fourth-order valence-electron chi connectivity index (χ4n) is 4.75. The first-order valence-corrected chi connectivity index (χ1v) is 10.8. The lowest BCUT2D eigenvalue weighted by Gasteiger charge is -2.28. The zero-order valence-corrected chi connectivity index (χ0v) is 18.2. The molecule has 6 atom stereocenters. The molecule has 30 heavy (non-hydrogen) atoms. The van der Waals surface area contributed by atoms with Crippen LogP contribution in [0.25, 0.3) is 0 Å². The average Bonchev–Trinajstić information content (AvgIpc) is 3.30. The summed E-state index contributed by atoms with van der Waals surface area (Å²) in [5, 5.41) is 2.33. The van der Waals surface area contributed by atoms with Gasteiger partial charge in [0.2, 0.25) is 11.8 Å². The van der Waals surface area contributed by atoms with Crippen LogP contribution < -0.4 is 5.32 Å². The quantitative estimate of drug-likeness (QED) is 0.403. The van der Waals surface area contributed by atoms with Crippen LogP contribution >= 0.6 is 34.8 Å². The van der Waals surface area contributed by atoms with Gasteiger partial charge in [-0.1, -0.05) is 17.7 Å². The first-order chi connectivity index (χ1) is 14.2. The summed E-state index contributed by atoms with van der Waals surface area (Å²) < 4.78 is 4.94. The van der Waals surface area contributed by atoms with E-state index >= 15 is 0 Å². The Kier molecular flexibility index (Phi) is 5.72. The summed E-state index contributed by atoms with van der Waals surface area (Å²) in [7, 11) is 0. The summed E-state index contributed by atoms with van der Waals surface area (Å²) >= 11 is 18.6. The number of imide groups is 1. The normalized spacial score (nSPS) is 31.8. The van der Waals surface area contributed by atoms with E-state index in [2.05, 4.69) is 5.32 Å². The number of nitrogens with zero attached hydrogens (tertiary/aromatic N) is 1. The molecule has 7 nitrogen and oxygen atoms in total. The van der Waals surface area contributed by atoms with Crippen molar-refractivity contribution < 1.29 is 23.9 Å². The number of ether oxygens (including phenoxy) is 1. The van der Waals surface area contributed by atoms with Crippen LogP contribution in [0.15, 0.2) is 18.2 Å². The summed E-state index contributed by atoms with van der Waals surface area (Å²) in [6, 6.07) is 5.00. The Hall–Kier alpha value is -1.83. The predicted octanol–water partition coefficient (Wildman–Crippen LogP) is 2.60. The molecule has 0 aromatic heterocycles. The minimum absolute atomic E-state index is 0.159. The van der Waals surface area contributed by atoms with Crippen LogP contribution in [0.4, 0.5) is 5.69 Å². The van der Waals surface area contributed by atoms with E-state index in [0.29, 0.717) is 17.1 Å².